The Morgan fingerprint density at radius 3 is 2.06 bits per heavy atom. The third kappa shape index (κ3) is 7.66. The standard InChI is InChI=1S/C47H43NO/c1-6-47(37(5)49-36(4)31-35(3)44-28-17-16-19-34(44)2)48(42-27-18-26-41(32-42)38-20-10-7-11-21-38)43-29-30-45(39-22-12-8-13-23-39)46(33-43)40-24-14-9-15-25-40/h6-7,9-12,14-33H,3,5,8,13H2,1-2,4H3/b36-31+,47-6+. The molecular weight excluding hydrogens is 595 g/mol. The lowest BCUT2D eigenvalue weighted by molar-refractivity contribution is 0.317. The second-order valence-electron chi connectivity index (χ2n) is 12.3. The summed E-state index contributed by atoms with van der Waals surface area (Å²) in [6.45, 7) is 14.9. The lowest BCUT2D eigenvalue weighted by Crippen LogP contribution is -2.19. The molecular formula is C47H43NO. The van der Waals surface area contributed by atoms with Crippen molar-refractivity contribution in [1.29, 1.82) is 0 Å². The molecule has 0 heterocycles. The maximum absolute atomic E-state index is 6.49. The molecule has 0 saturated carbocycles. The molecule has 0 spiro atoms. The Hall–Kier alpha value is -5.86. The van der Waals surface area contributed by atoms with Crippen LogP contribution in [0.5, 0.6) is 0 Å². The van der Waals surface area contributed by atoms with E-state index < -0.39 is 0 Å². The number of hydrogen-bond donors (Lipinski definition) is 0. The van der Waals surface area contributed by atoms with Gasteiger partial charge in [0, 0.05) is 11.4 Å². The van der Waals surface area contributed by atoms with Crippen LogP contribution in [0.3, 0.4) is 0 Å². The molecule has 6 rings (SSSR count). The molecule has 0 bridgehead atoms. The molecule has 0 atom stereocenters. The second-order valence-corrected chi connectivity index (χ2v) is 12.3. The van der Waals surface area contributed by atoms with Crippen molar-refractivity contribution in [2.75, 3.05) is 4.90 Å². The largest absolute Gasteiger partial charge is 0.460 e. The van der Waals surface area contributed by atoms with E-state index in [1.807, 2.05) is 38.1 Å². The Bertz CT molecular complexity index is 2090. The number of aryl methyl sites for hydroxylation is 1. The van der Waals surface area contributed by atoms with Crippen molar-refractivity contribution in [3.63, 3.8) is 0 Å². The average Bonchev–Trinajstić information content (AvgIpc) is 3.14. The minimum Gasteiger partial charge on any atom is -0.460 e. The highest BCUT2D eigenvalue weighted by atomic mass is 16.5. The van der Waals surface area contributed by atoms with Gasteiger partial charge in [-0.1, -0.05) is 141 Å². The van der Waals surface area contributed by atoms with Crippen LogP contribution in [0.15, 0.2) is 188 Å². The van der Waals surface area contributed by atoms with E-state index in [0.717, 1.165) is 52.2 Å². The van der Waals surface area contributed by atoms with Crippen molar-refractivity contribution in [2.24, 2.45) is 0 Å². The van der Waals surface area contributed by atoms with Gasteiger partial charge in [0.1, 0.15) is 11.5 Å². The fourth-order valence-electron chi connectivity index (χ4n) is 6.42. The van der Waals surface area contributed by atoms with E-state index in [4.69, 9.17) is 4.74 Å². The molecule has 5 aromatic carbocycles. The van der Waals surface area contributed by atoms with Crippen molar-refractivity contribution in [3.05, 3.63) is 205 Å². The highest BCUT2D eigenvalue weighted by Gasteiger charge is 2.21. The number of nitrogens with zero attached hydrogens (tertiary/aromatic N) is 1. The molecule has 49 heavy (non-hydrogen) atoms. The fourth-order valence-corrected chi connectivity index (χ4v) is 6.42. The molecule has 2 heteroatoms. The lowest BCUT2D eigenvalue weighted by atomic mass is 9.91. The third-order valence-corrected chi connectivity index (χ3v) is 8.82. The maximum atomic E-state index is 6.49. The first-order chi connectivity index (χ1) is 23.9. The monoisotopic (exact) mass is 637 g/mol. The molecule has 0 fully saturated rings. The van der Waals surface area contributed by atoms with Crippen LogP contribution in [0.2, 0.25) is 0 Å². The van der Waals surface area contributed by atoms with E-state index in [1.54, 1.807) is 0 Å². The zero-order valence-electron chi connectivity index (χ0n) is 28.7. The smallest absolute Gasteiger partial charge is 0.143 e. The van der Waals surface area contributed by atoms with Crippen LogP contribution in [-0.2, 0) is 4.74 Å². The molecule has 0 saturated heterocycles. The van der Waals surface area contributed by atoms with Crippen LogP contribution in [0.1, 0.15) is 43.4 Å². The first-order valence-corrected chi connectivity index (χ1v) is 16.9. The highest BCUT2D eigenvalue weighted by Crippen LogP contribution is 2.40. The maximum Gasteiger partial charge on any atom is 0.143 e. The van der Waals surface area contributed by atoms with Gasteiger partial charge in [-0.05, 0) is 114 Å². The zero-order valence-corrected chi connectivity index (χ0v) is 28.7. The molecule has 0 aliphatic heterocycles. The molecule has 0 radical (unpaired) electrons. The SMILES string of the molecule is C=C(O/C(C)=C/C(=C)c1ccccc1C)/C(=C\C)N(c1cccc(-c2ccccc2)c1)c1ccc(C2=CCCC=C2)c(-c2ccccc2)c1. The lowest BCUT2D eigenvalue weighted by Gasteiger charge is -2.30. The Kier molecular flexibility index (Phi) is 10.4. The van der Waals surface area contributed by atoms with Gasteiger partial charge in [0.05, 0.1) is 5.70 Å². The minimum absolute atomic E-state index is 0.544. The Balaban J connectivity index is 1.45. The molecule has 1 aliphatic carbocycles. The van der Waals surface area contributed by atoms with Gasteiger partial charge in [-0.25, -0.2) is 0 Å². The van der Waals surface area contributed by atoms with Gasteiger partial charge in [0.2, 0.25) is 0 Å². The van der Waals surface area contributed by atoms with E-state index in [1.165, 1.54) is 27.8 Å². The van der Waals surface area contributed by atoms with Gasteiger partial charge >= 0.3 is 0 Å². The Morgan fingerprint density at radius 2 is 1.37 bits per heavy atom. The fraction of sp³-hybridized carbons (Fsp3) is 0.106. The summed E-state index contributed by atoms with van der Waals surface area (Å²) >= 11 is 0. The van der Waals surface area contributed by atoms with E-state index in [2.05, 4.69) is 158 Å². The normalized spacial score (nSPS) is 13.1. The number of benzene rings is 5. The van der Waals surface area contributed by atoms with Crippen LogP contribution in [0.4, 0.5) is 11.4 Å². The molecule has 0 amide bonds. The molecule has 1 aliphatic rings. The average molecular weight is 638 g/mol. The zero-order chi connectivity index (χ0) is 34.2. The first kappa shape index (κ1) is 33.1. The summed E-state index contributed by atoms with van der Waals surface area (Å²) in [7, 11) is 0. The van der Waals surface area contributed by atoms with Gasteiger partial charge in [0.25, 0.3) is 0 Å². The summed E-state index contributed by atoms with van der Waals surface area (Å²) in [5.74, 6) is 1.26. The summed E-state index contributed by atoms with van der Waals surface area (Å²) in [5, 5.41) is 0. The molecule has 0 aromatic heterocycles. The van der Waals surface area contributed by atoms with Crippen LogP contribution in [0.25, 0.3) is 33.4 Å². The molecule has 0 N–H and O–H groups in total. The van der Waals surface area contributed by atoms with Gasteiger partial charge in [-0.3, -0.25) is 0 Å². The molecule has 5 aromatic rings. The molecule has 0 unspecified atom stereocenters. The molecule has 2 nitrogen and oxygen atoms in total. The predicted octanol–water partition coefficient (Wildman–Crippen LogP) is 13.3. The number of rotatable bonds is 11. The van der Waals surface area contributed by atoms with E-state index in [-0.39, 0.29) is 0 Å². The first-order valence-electron chi connectivity index (χ1n) is 16.9. The third-order valence-electron chi connectivity index (χ3n) is 8.82. The summed E-state index contributed by atoms with van der Waals surface area (Å²) < 4.78 is 6.49. The van der Waals surface area contributed by atoms with Crippen LogP contribution >= 0.6 is 0 Å². The van der Waals surface area contributed by atoms with Crippen LogP contribution in [-0.4, -0.2) is 0 Å². The Labute approximate surface area is 292 Å². The van der Waals surface area contributed by atoms with Crippen molar-refractivity contribution in [2.45, 2.75) is 33.6 Å². The van der Waals surface area contributed by atoms with E-state index >= 15 is 0 Å². The summed E-state index contributed by atoms with van der Waals surface area (Å²) in [5.41, 5.74) is 13.1. The number of hydrogen-bond acceptors (Lipinski definition) is 2. The second kappa shape index (κ2) is 15.4. The van der Waals surface area contributed by atoms with Gasteiger partial charge < -0.3 is 9.64 Å². The Morgan fingerprint density at radius 1 is 0.694 bits per heavy atom. The van der Waals surface area contributed by atoms with Crippen molar-refractivity contribution in [3.8, 4) is 22.3 Å². The van der Waals surface area contributed by atoms with Crippen molar-refractivity contribution < 1.29 is 4.74 Å². The summed E-state index contributed by atoms with van der Waals surface area (Å²) in [4.78, 5) is 2.25. The number of allylic oxidation sites excluding steroid dienone is 8. The van der Waals surface area contributed by atoms with Gasteiger partial charge in [-0.2, -0.15) is 0 Å². The van der Waals surface area contributed by atoms with Gasteiger partial charge in [0.15, 0.2) is 0 Å². The van der Waals surface area contributed by atoms with Crippen molar-refractivity contribution in [1.82, 2.24) is 0 Å². The molecule has 242 valence electrons. The summed E-state index contributed by atoms with van der Waals surface area (Å²) in [6.07, 6.45) is 13.0. The highest BCUT2D eigenvalue weighted by molar-refractivity contribution is 5.89. The predicted molar refractivity (Wildman–Crippen MR) is 210 cm³/mol. The van der Waals surface area contributed by atoms with Crippen LogP contribution < -0.4 is 4.90 Å². The van der Waals surface area contributed by atoms with Crippen molar-refractivity contribution >= 4 is 22.5 Å². The quantitative estimate of drug-likeness (QED) is 0.106. The van der Waals surface area contributed by atoms with E-state index in [9.17, 15) is 0 Å². The van der Waals surface area contributed by atoms with Crippen LogP contribution in [0, 0.1) is 6.92 Å². The topological polar surface area (TPSA) is 12.5 Å². The number of anilines is 2. The van der Waals surface area contributed by atoms with Gasteiger partial charge in [-0.15, -0.1) is 0 Å². The van der Waals surface area contributed by atoms with E-state index in [0.29, 0.717) is 11.5 Å². The minimum atomic E-state index is 0.544. The number of ether oxygens (including phenoxy) is 1. The summed E-state index contributed by atoms with van der Waals surface area (Å²) in [6, 6.07) is 44.8.